The van der Waals surface area contributed by atoms with Crippen LogP contribution in [0.5, 0.6) is 0 Å². The molecule has 3 nitrogen and oxygen atoms in total. The van der Waals surface area contributed by atoms with Crippen molar-refractivity contribution in [3.8, 4) is 0 Å². The first-order chi connectivity index (χ1) is 9.58. The molecule has 106 valence electrons. The van der Waals surface area contributed by atoms with Crippen LogP contribution in [0.4, 0.5) is 0 Å². The van der Waals surface area contributed by atoms with E-state index in [1.807, 2.05) is 18.7 Å². The van der Waals surface area contributed by atoms with Gasteiger partial charge in [0.15, 0.2) is 0 Å². The number of rotatable bonds is 3. The molecule has 0 saturated heterocycles. The molecule has 1 aromatic heterocycles. The number of aromatic nitrogens is 2. The fraction of sp³-hybridized carbons (Fsp3) is 0.438. The highest BCUT2D eigenvalue weighted by molar-refractivity contribution is 6.31. The molecule has 1 aromatic carbocycles. The molecule has 2 unspecified atom stereocenters. The van der Waals surface area contributed by atoms with Gasteiger partial charge in [-0.3, -0.25) is 4.68 Å². The third kappa shape index (κ3) is 2.25. The van der Waals surface area contributed by atoms with Crippen LogP contribution >= 0.6 is 11.6 Å². The van der Waals surface area contributed by atoms with Gasteiger partial charge < -0.3 is 5.73 Å². The van der Waals surface area contributed by atoms with E-state index in [1.165, 1.54) is 11.1 Å². The van der Waals surface area contributed by atoms with Crippen LogP contribution in [-0.4, -0.2) is 15.8 Å². The summed E-state index contributed by atoms with van der Waals surface area (Å²) in [4.78, 5) is 0. The molecule has 0 aliphatic heterocycles. The largest absolute Gasteiger partial charge is 0.327 e. The lowest BCUT2D eigenvalue weighted by Gasteiger charge is -2.20. The SMILES string of the molecule is Cc1nn(C)c(CC(N)C2CCc3ccccc32)c1Cl. The second-order valence-electron chi connectivity index (χ2n) is 5.68. The van der Waals surface area contributed by atoms with E-state index in [-0.39, 0.29) is 6.04 Å². The Morgan fingerprint density at radius 3 is 2.90 bits per heavy atom. The monoisotopic (exact) mass is 289 g/mol. The maximum Gasteiger partial charge on any atom is 0.0847 e. The first kappa shape index (κ1) is 13.7. The standard InChI is InChI=1S/C16H20ClN3/c1-10-16(17)15(20(2)19-10)9-14(18)13-8-7-11-5-3-4-6-12(11)13/h3-6,13-14H,7-9,18H2,1-2H3. The van der Waals surface area contributed by atoms with Crippen molar-refractivity contribution in [2.75, 3.05) is 0 Å². The molecule has 0 amide bonds. The summed E-state index contributed by atoms with van der Waals surface area (Å²) in [7, 11) is 1.93. The van der Waals surface area contributed by atoms with Crippen LogP contribution in [0.15, 0.2) is 24.3 Å². The van der Waals surface area contributed by atoms with Gasteiger partial charge >= 0.3 is 0 Å². The fourth-order valence-electron chi connectivity index (χ4n) is 3.30. The number of hydrogen-bond acceptors (Lipinski definition) is 2. The van der Waals surface area contributed by atoms with E-state index in [0.29, 0.717) is 5.92 Å². The normalized spacial score (nSPS) is 19.1. The van der Waals surface area contributed by atoms with Gasteiger partial charge in [-0.15, -0.1) is 0 Å². The Hall–Kier alpha value is -1.32. The summed E-state index contributed by atoms with van der Waals surface area (Å²) in [5, 5.41) is 5.12. The van der Waals surface area contributed by atoms with Gasteiger partial charge in [-0.25, -0.2) is 0 Å². The van der Waals surface area contributed by atoms with Crippen molar-refractivity contribution >= 4 is 11.6 Å². The van der Waals surface area contributed by atoms with Gasteiger partial charge in [0, 0.05) is 19.5 Å². The third-order valence-electron chi connectivity index (χ3n) is 4.39. The molecule has 0 fully saturated rings. The summed E-state index contributed by atoms with van der Waals surface area (Å²) in [6.07, 6.45) is 3.04. The smallest absolute Gasteiger partial charge is 0.0847 e. The van der Waals surface area contributed by atoms with Gasteiger partial charge in [0.1, 0.15) is 0 Å². The van der Waals surface area contributed by atoms with Gasteiger partial charge in [0.05, 0.1) is 16.4 Å². The zero-order valence-corrected chi connectivity index (χ0v) is 12.7. The van der Waals surface area contributed by atoms with E-state index >= 15 is 0 Å². The van der Waals surface area contributed by atoms with Crippen molar-refractivity contribution in [1.29, 1.82) is 0 Å². The maximum atomic E-state index is 6.47. The lowest BCUT2D eigenvalue weighted by atomic mass is 9.91. The van der Waals surface area contributed by atoms with Crippen LogP contribution in [0.25, 0.3) is 0 Å². The molecule has 0 saturated carbocycles. The zero-order valence-electron chi connectivity index (χ0n) is 11.9. The average Bonchev–Trinajstić information content (AvgIpc) is 2.96. The second-order valence-corrected chi connectivity index (χ2v) is 6.06. The first-order valence-corrected chi connectivity index (χ1v) is 7.47. The molecular formula is C16H20ClN3. The molecule has 0 bridgehead atoms. The average molecular weight is 290 g/mol. The summed E-state index contributed by atoms with van der Waals surface area (Å²) in [5.74, 6) is 0.428. The lowest BCUT2D eigenvalue weighted by molar-refractivity contribution is 0.509. The number of benzene rings is 1. The van der Waals surface area contributed by atoms with Crippen LogP contribution in [0.3, 0.4) is 0 Å². The highest BCUT2D eigenvalue weighted by Crippen LogP contribution is 2.36. The minimum Gasteiger partial charge on any atom is -0.327 e. The number of fused-ring (bicyclic) bond motifs is 1. The Balaban J connectivity index is 1.83. The van der Waals surface area contributed by atoms with E-state index in [0.717, 1.165) is 35.7 Å². The third-order valence-corrected chi connectivity index (χ3v) is 4.88. The zero-order chi connectivity index (χ0) is 14.3. The van der Waals surface area contributed by atoms with E-state index < -0.39 is 0 Å². The van der Waals surface area contributed by atoms with E-state index in [1.54, 1.807) is 0 Å². The molecular weight excluding hydrogens is 270 g/mol. The van der Waals surface area contributed by atoms with Gasteiger partial charge in [-0.05, 0) is 36.8 Å². The molecule has 2 N–H and O–H groups in total. The predicted molar refractivity (Wildman–Crippen MR) is 82.1 cm³/mol. The van der Waals surface area contributed by atoms with Gasteiger partial charge in [0.25, 0.3) is 0 Å². The quantitative estimate of drug-likeness (QED) is 0.944. The highest BCUT2D eigenvalue weighted by Gasteiger charge is 2.28. The van der Waals surface area contributed by atoms with Gasteiger partial charge in [-0.2, -0.15) is 5.10 Å². The van der Waals surface area contributed by atoms with Crippen molar-refractivity contribution < 1.29 is 0 Å². The maximum absolute atomic E-state index is 6.47. The summed E-state index contributed by atoms with van der Waals surface area (Å²) < 4.78 is 1.86. The lowest BCUT2D eigenvalue weighted by Crippen LogP contribution is -2.30. The summed E-state index contributed by atoms with van der Waals surface area (Å²) >= 11 is 6.33. The Kier molecular flexibility index (Phi) is 3.57. The van der Waals surface area contributed by atoms with Crippen molar-refractivity contribution in [1.82, 2.24) is 9.78 Å². The Morgan fingerprint density at radius 2 is 2.20 bits per heavy atom. The fourth-order valence-corrected chi connectivity index (χ4v) is 3.54. The molecule has 0 spiro atoms. The van der Waals surface area contributed by atoms with Gasteiger partial charge in [0.2, 0.25) is 0 Å². The van der Waals surface area contributed by atoms with Crippen LogP contribution in [0.1, 0.15) is 34.9 Å². The Morgan fingerprint density at radius 1 is 1.45 bits per heavy atom. The number of nitrogens with two attached hydrogens (primary N) is 1. The highest BCUT2D eigenvalue weighted by atomic mass is 35.5. The molecule has 20 heavy (non-hydrogen) atoms. The van der Waals surface area contributed by atoms with Crippen molar-refractivity contribution in [3.05, 3.63) is 51.8 Å². The van der Waals surface area contributed by atoms with Crippen LogP contribution in [0, 0.1) is 6.92 Å². The molecule has 4 heteroatoms. The number of hydrogen-bond donors (Lipinski definition) is 1. The summed E-state index contributed by atoms with van der Waals surface area (Å²) in [6, 6.07) is 8.72. The number of halogens is 1. The number of aryl methyl sites for hydroxylation is 3. The minimum atomic E-state index is 0.0888. The van der Waals surface area contributed by atoms with Crippen molar-refractivity contribution in [2.24, 2.45) is 12.8 Å². The molecule has 1 aliphatic carbocycles. The first-order valence-electron chi connectivity index (χ1n) is 7.09. The van der Waals surface area contributed by atoms with E-state index in [4.69, 9.17) is 17.3 Å². The molecule has 2 aromatic rings. The topological polar surface area (TPSA) is 43.8 Å². The van der Waals surface area contributed by atoms with E-state index in [9.17, 15) is 0 Å². The Bertz CT molecular complexity index is 633. The summed E-state index contributed by atoms with van der Waals surface area (Å²) in [5.41, 5.74) is 11.3. The molecule has 1 heterocycles. The molecule has 0 radical (unpaired) electrons. The second kappa shape index (κ2) is 5.23. The van der Waals surface area contributed by atoms with Crippen molar-refractivity contribution in [3.63, 3.8) is 0 Å². The Labute approximate surface area is 124 Å². The van der Waals surface area contributed by atoms with E-state index in [2.05, 4.69) is 29.4 Å². The molecule has 3 rings (SSSR count). The van der Waals surface area contributed by atoms with Gasteiger partial charge in [-0.1, -0.05) is 35.9 Å². The van der Waals surface area contributed by atoms with Crippen LogP contribution in [0.2, 0.25) is 5.02 Å². The van der Waals surface area contributed by atoms with Crippen LogP contribution < -0.4 is 5.73 Å². The van der Waals surface area contributed by atoms with Crippen molar-refractivity contribution in [2.45, 2.75) is 38.1 Å². The molecule has 2 atom stereocenters. The number of nitrogens with zero attached hydrogens (tertiary/aromatic N) is 2. The molecule has 1 aliphatic rings. The minimum absolute atomic E-state index is 0.0888. The predicted octanol–water partition coefficient (Wildman–Crippen LogP) is 2.98. The summed E-state index contributed by atoms with van der Waals surface area (Å²) in [6.45, 7) is 1.93. The van der Waals surface area contributed by atoms with Crippen LogP contribution in [-0.2, 0) is 19.9 Å².